The largest absolute Gasteiger partial charge is 0.478 e. The maximum absolute atomic E-state index is 10.5. The lowest BCUT2D eigenvalue weighted by Gasteiger charge is -2.04. The Morgan fingerprint density at radius 3 is 2.67 bits per heavy atom. The van der Waals surface area contributed by atoms with E-state index < -0.39 is 5.97 Å². The van der Waals surface area contributed by atoms with Gasteiger partial charge in [-0.25, -0.2) is 4.79 Å². The van der Waals surface area contributed by atoms with Gasteiger partial charge in [-0.15, -0.1) is 0 Å². The Hall–Kier alpha value is -2.88. The topological polar surface area (TPSA) is 55.1 Å². The van der Waals surface area contributed by atoms with Crippen LogP contribution >= 0.6 is 0 Å². The van der Waals surface area contributed by atoms with Crippen molar-refractivity contribution in [3.05, 3.63) is 71.9 Å². The molecule has 0 saturated carbocycles. The van der Waals surface area contributed by atoms with Crippen molar-refractivity contribution in [3.8, 4) is 0 Å². The molecule has 0 radical (unpaired) electrons. The maximum Gasteiger partial charge on any atom is 0.328 e. The van der Waals surface area contributed by atoms with Crippen LogP contribution < -0.4 is 0 Å². The van der Waals surface area contributed by atoms with E-state index in [4.69, 9.17) is 5.11 Å². The monoisotopic (exact) mass is 278 g/mol. The van der Waals surface area contributed by atoms with Crippen LogP contribution in [0, 0.1) is 0 Å². The summed E-state index contributed by atoms with van der Waals surface area (Å²) in [5, 5.41) is 14.1. The zero-order valence-electron chi connectivity index (χ0n) is 11.3. The molecule has 0 amide bonds. The van der Waals surface area contributed by atoms with Gasteiger partial charge in [0.15, 0.2) is 0 Å². The van der Waals surface area contributed by atoms with Gasteiger partial charge in [0.05, 0.1) is 18.3 Å². The van der Waals surface area contributed by atoms with Crippen molar-refractivity contribution in [2.24, 2.45) is 0 Å². The normalized spacial score (nSPS) is 11.2. The minimum Gasteiger partial charge on any atom is -0.478 e. The molecule has 21 heavy (non-hydrogen) atoms. The van der Waals surface area contributed by atoms with Crippen molar-refractivity contribution in [3.63, 3.8) is 0 Å². The zero-order chi connectivity index (χ0) is 14.7. The van der Waals surface area contributed by atoms with E-state index in [0.717, 1.165) is 28.1 Å². The molecular weight excluding hydrogens is 264 g/mol. The lowest BCUT2D eigenvalue weighted by Crippen LogP contribution is -2.01. The number of hydrogen-bond donors (Lipinski definition) is 1. The van der Waals surface area contributed by atoms with Crippen LogP contribution in [0.25, 0.3) is 17.0 Å². The van der Waals surface area contributed by atoms with Crippen LogP contribution in [0.4, 0.5) is 0 Å². The molecule has 0 aliphatic heterocycles. The van der Waals surface area contributed by atoms with Crippen molar-refractivity contribution < 1.29 is 9.90 Å². The van der Waals surface area contributed by atoms with Gasteiger partial charge < -0.3 is 5.11 Å². The van der Waals surface area contributed by atoms with Gasteiger partial charge in [-0.3, -0.25) is 4.68 Å². The molecule has 0 atom stereocenters. The molecule has 0 saturated heterocycles. The van der Waals surface area contributed by atoms with Crippen LogP contribution in [0.3, 0.4) is 0 Å². The summed E-state index contributed by atoms with van der Waals surface area (Å²) >= 11 is 0. The van der Waals surface area contributed by atoms with E-state index in [1.54, 1.807) is 6.08 Å². The predicted molar refractivity (Wildman–Crippen MR) is 81.9 cm³/mol. The Labute approximate surface area is 122 Å². The highest BCUT2D eigenvalue weighted by atomic mass is 16.4. The molecule has 2 aromatic carbocycles. The summed E-state index contributed by atoms with van der Waals surface area (Å²) in [5.41, 5.74) is 3.09. The summed E-state index contributed by atoms with van der Waals surface area (Å²) < 4.78 is 1.96. The number of carboxylic acid groups (broad SMARTS) is 1. The molecule has 0 bridgehead atoms. The quantitative estimate of drug-likeness (QED) is 0.746. The second-order valence-corrected chi connectivity index (χ2v) is 4.77. The van der Waals surface area contributed by atoms with Gasteiger partial charge in [-0.05, 0) is 23.3 Å². The Morgan fingerprint density at radius 2 is 1.90 bits per heavy atom. The van der Waals surface area contributed by atoms with E-state index >= 15 is 0 Å². The summed E-state index contributed by atoms with van der Waals surface area (Å²) in [6, 6.07) is 15.9. The van der Waals surface area contributed by atoms with E-state index in [-0.39, 0.29) is 0 Å². The molecule has 3 rings (SSSR count). The number of aliphatic carboxylic acids is 1. The van der Waals surface area contributed by atoms with Gasteiger partial charge in [-0.2, -0.15) is 5.10 Å². The van der Waals surface area contributed by atoms with Gasteiger partial charge in [0, 0.05) is 11.5 Å². The molecule has 0 aliphatic carbocycles. The SMILES string of the molecule is O=C(O)C=Cc1ccc(Cn2ncc3ccccc32)cc1. The number of benzene rings is 2. The van der Waals surface area contributed by atoms with Crippen molar-refractivity contribution in [1.82, 2.24) is 9.78 Å². The highest BCUT2D eigenvalue weighted by Crippen LogP contribution is 2.15. The van der Waals surface area contributed by atoms with E-state index in [1.165, 1.54) is 0 Å². The van der Waals surface area contributed by atoms with E-state index in [2.05, 4.69) is 5.10 Å². The molecular formula is C17H14N2O2. The fourth-order valence-electron chi connectivity index (χ4n) is 2.23. The number of fused-ring (bicyclic) bond motifs is 1. The fraction of sp³-hybridized carbons (Fsp3) is 0.0588. The molecule has 1 aromatic heterocycles. The molecule has 4 nitrogen and oxygen atoms in total. The molecule has 0 spiro atoms. The van der Waals surface area contributed by atoms with Crippen molar-refractivity contribution in [2.45, 2.75) is 6.54 Å². The Morgan fingerprint density at radius 1 is 1.14 bits per heavy atom. The summed E-state index contributed by atoms with van der Waals surface area (Å²) in [6.07, 6.45) is 4.57. The van der Waals surface area contributed by atoms with E-state index in [9.17, 15) is 4.79 Å². The minimum absolute atomic E-state index is 0.691. The standard InChI is InChI=1S/C17H14N2O2/c20-17(21)10-9-13-5-7-14(8-6-13)12-19-16-4-2-1-3-15(16)11-18-19/h1-11H,12H2,(H,20,21). The van der Waals surface area contributed by atoms with Crippen LogP contribution in [0.2, 0.25) is 0 Å². The first kappa shape index (κ1) is 13.1. The molecule has 4 heteroatoms. The van der Waals surface area contributed by atoms with Gasteiger partial charge in [0.25, 0.3) is 0 Å². The number of hydrogen-bond acceptors (Lipinski definition) is 2. The molecule has 1 N–H and O–H groups in total. The average Bonchev–Trinajstić information content (AvgIpc) is 2.90. The minimum atomic E-state index is -0.943. The average molecular weight is 278 g/mol. The maximum atomic E-state index is 10.5. The second-order valence-electron chi connectivity index (χ2n) is 4.77. The predicted octanol–water partition coefficient (Wildman–Crippen LogP) is 3.18. The molecule has 104 valence electrons. The lowest BCUT2D eigenvalue weighted by molar-refractivity contribution is -0.131. The highest BCUT2D eigenvalue weighted by Gasteiger charge is 2.02. The summed E-state index contributed by atoms with van der Waals surface area (Å²) in [6.45, 7) is 0.691. The molecule has 0 unspecified atom stereocenters. The zero-order valence-corrected chi connectivity index (χ0v) is 11.3. The van der Waals surface area contributed by atoms with Crippen molar-refractivity contribution in [1.29, 1.82) is 0 Å². The first-order valence-electron chi connectivity index (χ1n) is 6.63. The molecule has 1 heterocycles. The van der Waals surface area contributed by atoms with Crippen molar-refractivity contribution >= 4 is 22.9 Å². The number of para-hydroxylation sites is 1. The number of nitrogens with zero attached hydrogens (tertiary/aromatic N) is 2. The third-order valence-corrected chi connectivity index (χ3v) is 3.28. The van der Waals surface area contributed by atoms with Crippen LogP contribution in [0.15, 0.2) is 60.8 Å². The number of carboxylic acids is 1. The first-order chi connectivity index (χ1) is 10.2. The molecule has 3 aromatic rings. The Bertz CT molecular complexity index is 801. The van der Waals surface area contributed by atoms with Gasteiger partial charge >= 0.3 is 5.97 Å². The Kier molecular flexibility index (Phi) is 3.51. The second kappa shape index (κ2) is 5.63. The number of rotatable bonds is 4. The van der Waals surface area contributed by atoms with Crippen LogP contribution in [0.5, 0.6) is 0 Å². The third kappa shape index (κ3) is 3.00. The van der Waals surface area contributed by atoms with Crippen molar-refractivity contribution in [2.75, 3.05) is 0 Å². The smallest absolute Gasteiger partial charge is 0.328 e. The van der Waals surface area contributed by atoms with Gasteiger partial charge in [0.2, 0.25) is 0 Å². The first-order valence-corrected chi connectivity index (χ1v) is 6.63. The van der Waals surface area contributed by atoms with Gasteiger partial charge in [0.1, 0.15) is 0 Å². The Balaban J connectivity index is 1.80. The third-order valence-electron chi connectivity index (χ3n) is 3.28. The number of aromatic nitrogens is 2. The highest BCUT2D eigenvalue weighted by molar-refractivity contribution is 5.85. The van der Waals surface area contributed by atoms with Crippen LogP contribution in [0.1, 0.15) is 11.1 Å². The van der Waals surface area contributed by atoms with Crippen LogP contribution in [-0.4, -0.2) is 20.9 Å². The summed E-state index contributed by atoms with van der Waals surface area (Å²) in [7, 11) is 0. The van der Waals surface area contributed by atoms with E-state index in [0.29, 0.717) is 6.54 Å². The number of carbonyl (C=O) groups is 1. The van der Waals surface area contributed by atoms with Gasteiger partial charge in [-0.1, -0.05) is 42.5 Å². The summed E-state index contributed by atoms with van der Waals surface area (Å²) in [5.74, 6) is -0.943. The fourth-order valence-corrected chi connectivity index (χ4v) is 2.23. The summed E-state index contributed by atoms with van der Waals surface area (Å²) in [4.78, 5) is 10.5. The van der Waals surface area contributed by atoms with E-state index in [1.807, 2.05) is 59.4 Å². The molecule has 0 fully saturated rings. The van der Waals surface area contributed by atoms with Crippen LogP contribution in [-0.2, 0) is 11.3 Å². The molecule has 0 aliphatic rings. The lowest BCUT2D eigenvalue weighted by atomic mass is 10.1.